The lowest BCUT2D eigenvalue weighted by Crippen LogP contribution is -2.34. The van der Waals surface area contributed by atoms with Crippen LogP contribution >= 0.6 is 11.3 Å². The average molecular weight is 342 g/mol. The second-order valence-electron chi connectivity index (χ2n) is 5.55. The molecule has 2 heterocycles. The van der Waals surface area contributed by atoms with E-state index in [1.54, 1.807) is 28.2 Å². The van der Waals surface area contributed by atoms with Gasteiger partial charge in [-0.1, -0.05) is 0 Å². The number of tetrazole rings is 1. The lowest BCUT2D eigenvalue weighted by atomic mass is 10.1. The molecule has 1 atom stereocenters. The number of hydrogen-bond acceptors (Lipinski definition) is 6. The first-order valence-electron chi connectivity index (χ1n) is 7.45. The first kappa shape index (κ1) is 16.3. The van der Waals surface area contributed by atoms with Crippen LogP contribution in [-0.2, 0) is 0 Å². The van der Waals surface area contributed by atoms with Crippen LogP contribution in [0.3, 0.4) is 0 Å². The Morgan fingerprint density at radius 1 is 1.29 bits per heavy atom. The Morgan fingerprint density at radius 2 is 2.08 bits per heavy atom. The molecule has 0 radical (unpaired) electrons. The van der Waals surface area contributed by atoms with Crippen molar-refractivity contribution in [3.8, 4) is 5.69 Å². The molecule has 1 aromatic carbocycles. The van der Waals surface area contributed by atoms with Gasteiger partial charge in [0.2, 0.25) is 0 Å². The molecule has 1 amide bonds. The van der Waals surface area contributed by atoms with E-state index in [1.807, 2.05) is 31.6 Å². The van der Waals surface area contributed by atoms with Crippen molar-refractivity contribution in [1.82, 2.24) is 30.4 Å². The van der Waals surface area contributed by atoms with Gasteiger partial charge in [-0.25, -0.2) is 4.68 Å². The summed E-state index contributed by atoms with van der Waals surface area (Å²) in [4.78, 5) is 14.5. The van der Waals surface area contributed by atoms with Crippen LogP contribution in [-0.4, -0.2) is 51.7 Å². The molecule has 0 saturated heterocycles. The zero-order valence-electron chi connectivity index (χ0n) is 13.5. The second kappa shape index (κ2) is 7.33. The minimum absolute atomic E-state index is 0.0969. The molecule has 0 bridgehead atoms. The highest BCUT2D eigenvalue weighted by molar-refractivity contribution is 7.07. The van der Waals surface area contributed by atoms with Crippen molar-refractivity contribution >= 4 is 17.2 Å². The van der Waals surface area contributed by atoms with Gasteiger partial charge in [0.1, 0.15) is 6.33 Å². The van der Waals surface area contributed by atoms with Gasteiger partial charge in [-0.2, -0.15) is 11.3 Å². The molecule has 24 heavy (non-hydrogen) atoms. The maximum absolute atomic E-state index is 12.4. The molecule has 8 heteroatoms. The summed E-state index contributed by atoms with van der Waals surface area (Å²) >= 11 is 1.66. The SMILES string of the molecule is CN(C)[C@H](CNC(=O)c1ccc(-n2cnnn2)cc1)c1ccsc1. The Hall–Kier alpha value is -2.58. The Morgan fingerprint density at radius 3 is 2.67 bits per heavy atom. The van der Waals surface area contributed by atoms with Crippen LogP contribution in [0.5, 0.6) is 0 Å². The lowest BCUT2D eigenvalue weighted by molar-refractivity contribution is 0.0942. The molecule has 7 nitrogen and oxygen atoms in total. The maximum atomic E-state index is 12.4. The third-order valence-electron chi connectivity index (χ3n) is 3.75. The smallest absolute Gasteiger partial charge is 0.251 e. The van der Waals surface area contributed by atoms with Gasteiger partial charge in [-0.3, -0.25) is 4.79 Å². The van der Waals surface area contributed by atoms with E-state index in [9.17, 15) is 4.79 Å². The predicted molar refractivity (Wildman–Crippen MR) is 92.2 cm³/mol. The van der Waals surface area contributed by atoms with Crippen LogP contribution in [0.15, 0.2) is 47.4 Å². The first-order valence-corrected chi connectivity index (χ1v) is 8.39. The summed E-state index contributed by atoms with van der Waals surface area (Å²) in [5, 5.41) is 18.2. The fraction of sp³-hybridized carbons (Fsp3) is 0.250. The van der Waals surface area contributed by atoms with Crippen LogP contribution in [0.25, 0.3) is 5.69 Å². The molecule has 0 aliphatic heterocycles. The molecule has 0 spiro atoms. The third-order valence-corrected chi connectivity index (χ3v) is 4.45. The van der Waals surface area contributed by atoms with Crippen LogP contribution < -0.4 is 5.32 Å². The number of thiophene rings is 1. The van der Waals surface area contributed by atoms with Gasteiger partial charge >= 0.3 is 0 Å². The molecule has 0 saturated carbocycles. The molecule has 3 rings (SSSR count). The second-order valence-corrected chi connectivity index (χ2v) is 6.33. The van der Waals surface area contributed by atoms with E-state index in [0.717, 1.165) is 5.69 Å². The first-order chi connectivity index (χ1) is 11.6. The van der Waals surface area contributed by atoms with Gasteiger partial charge in [0.05, 0.1) is 11.7 Å². The van der Waals surface area contributed by atoms with Gasteiger partial charge in [-0.05, 0) is 71.2 Å². The van der Waals surface area contributed by atoms with Crippen molar-refractivity contribution in [1.29, 1.82) is 0 Å². The molecule has 0 aliphatic carbocycles. The largest absolute Gasteiger partial charge is 0.350 e. The number of nitrogens with zero attached hydrogens (tertiary/aromatic N) is 5. The number of hydrogen-bond donors (Lipinski definition) is 1. The number of carbonyl (C=O) groups is 1. The third kappa shape index (κ3) is 3.66. The number of nitrogens with one attached hydrogen (secondary N) is 1. The van der Waals surface area contributed by atoms with E-state index in [-0.39, 0.29) is 11.9 Å². The molecule has 0 unspecified atom stereocenters. The van der Waals surface area contributed by atoms with Gasteiger partial charge in [0.25, 0.3) is 5.91 Å². The van der Waals surface area contributed by atoms with Gasteiger partial charge in [-0.15, -0.1) is 5.10 Å². The summed E-state index contributed by atoms with van der Waals surface area (Å²) in [6, 6.07) is 9.40. The quantitative estimate of drug-likeness (QED) is 0.739. The van der Waals surface area contributed by atoms with Crippen molar-refractivity contribution in [3.05, 3.63) is 58.5 Å². The monoisotopic (exact) mass is 342 g/mol. The van der Waals surface area contributed by atoms with Crippen LogP contribution in [0, 0.1) is 0 Å². The number of amides is 1. The maximum Gasteiger partial charge on any atom is 0.251 e. The van der Waals surface area contributed by atoms with Crippen molar-refractivity contribution in [2.45, 2.75) is 6.04 Å². The summed E-state index contributed by atoms with van der Waals surface area (Å²) in [6.07, 6.45) is 1.51. The molecular formula is C16H18N6OS. The normalized spacial score (nSPS) is 12.3. The van der Waals surface area contributed by atoms with E-state index in [1.165, 1.54) is 11.9 Å². The number of likely N-dealkylation sites (N-methyl/N-ethyl adjacent to an activating group) is 1. The Kier molecular flexibility index (Phi) is 4.97. The van der Waals surface area contributed by atoms with Crippen LogP contribution in [0.4, 0.5) is 0 Å². The van der Waals surface area contributed by atoms with Crippen molar-refractivity contribution in [2.75, 3.05) is 20.6 Å². The fourth-order valence-corrected chi connectivity index (χ4v) is 3.11. The topological polar surface area (TPSA) is 75.9 Å². The molecule has 0 fully saturated rings. The Bertz CT molecular complexity index is 768. The lowest BCUT2D eigenvalue weighted by Gasteiger charge is -2.24. The Balaban J connectivity index is 1.64. The van der Waals surface area contributed by atoms with Crippen molar-refractivity contribution in [2.24, 2.45) is 0 Å². The van der Waals surface area contributed by atoms with Gasteiger partial charge in [0, 0.05) is 12.1 Å². The molecule has 0 aliphatic rings. The summed E-state index contributed by atoms with van der Waals surface area (Å²) in [5.41, 5.74) is 2.62. The number of aromatic nitrogens is 4. The van der Waals surface area contributed by atoms with E-state index < -0.39 is 0 Å². The summed E-state index contributed by atoms with van der Waals surface area (Å²) in [7, 11) is 4.02. The molecule has 3 aromatic rings. The standard InChI is InChI=1S/C16H18N6OS/c1-21(2)15(13-7-8-24-10-13)9-17-16(23)12-3-5-14(6-4-12)22-11-18-19-20-22/h3-8,10-11,15H,9H2,1-2H3,(H,17,23)/t15-/m1/s1. The van der Waals surface area contributed by atoms with Crippen LogP contribution in [0.2, 0.25) is 0 Å². The van der Waals surface area contributed by atoms with E-state index in [4.69, 9.17) is 0 Å². The van der Waals surface area contributed by atoms with Crippen molar-refractivity contribution in [3.63, 3.8) is 0 Å². The highest BCUT2D eigenvalue weighted by Gasteiger charge is 2.16. The minimum Gasteiger partial charge on any atom is -0.350 e. The van der Waals surface area contributed by atoms with E-state index in [0.29, 0.717) is 12.1 Å². The molecular weight excluding hydrogens is 324 g/mol. The zero-order valence-corrected chi connectivity index (χ0v) is 14.3. The van der Waals surface area contributed by atoms with E-state index >= 15 is 0 Å². The van der Waals surface area contributed by atoms with Crippen molar-refractivity contribution < 1.29 is 4.79 Å². The van der Waals surface area contributed by atoms with Gasteiger partial charge < -0.3 is 10.2 Å². The minimum atomic E-state index is -0.0969. The fourth-order valence-electron chi connectivity index (χ4n) is 2.40. The molecule has 1 N–H and O–H groups in total. The molecule has 124 valence electrons. The highest BCUT2D eigenvalue weighted by Crippen LogP contribution is 2.20. The summed E-state index contributed by atoms with van der Waals surface area (Å²) in [6.45, 7) is 0.553. The molecule has 2 aromatic heterocycles. The predicted octanol–water partition coefficient (Wildman–Crippen LogP) is 1.76. The summed E-state index contributed by atoms with van der Waals surface area (Å²) in [5.74, 6) is -0.0969. The highest BCUT2D eigenvalue weighted by atomic mass is 32.1. The zero-order chi connectivity index (χ0) is 16.9. The van der Waals surface area contributed by atoms with Gasteiger partial charge in [0.15, 0.2) is 0 Å². The Labute approximate surface area is 143 Å². The summed E-state index contributed by atoms with van der Waals surface area (Å²) < 4.78 is 1.54. The average Bonchev–Trinajstić information content (AvgIpc) is 3.28. The number of carbonyl (C=O) groups excluding carboxylic acids is 1. The number of rotatable bonds is 6. The van der Waals surface area contributed by atoms with E-state index in [2.05, 4.69) is 37.2 Å². The number of benzene rings is 1. The van der Waals surface area contributed by atoms with Crippen LogP contribution in [0.1, 0.15) is 22.0 Å².